The maximum Gasteiger partial charge on any atom is 0.338 e. The molecule has 0 saturated carbocycles. The van der Waals surface area contributed by atoms with Crippen molar-refractivity contribution in [1.29, 1.82) is 0 Å². The smallest absolute Gasteiger partial charge is 0.338 e. The van der Waals surface area contributed by atoms with Crippen LogP contribution in [0.2, 0.25) is 0 Å². The Morgan fingerprint density at radius 2 is 2.00 bits per heavy atom. The highest BCUT2D eigenvalue weighted by molar-refractivity contribution is 5.89. The molecule has 0 aromatic heterocycles. The summed E-state index contributed by atoms with van der Waals surface area (Å²) in [4.78, 5) is 11.7. The Kier molecular flexibility index (Phi) is 5.06. The maximum absolute atomic E-state index is 11.7. The Morgan fingerprint density at radius 3 is 2.56 bits per heavy atom. The standard InChI is InChI=1S/C14H16O2/c1-3-5-11-13(4-2)16-14(15)12-9-7-6-8-10-12/h3-4,6-10,13H,1-2,5,11H2/t13-/m0/s1. The molecular weight excluding hydrogens is 200 g/mol. The fourth-order valence-electron chi connectivity index (χ4n) is 1.29. The van der Waals surface area contributed by atoms with Crippen LogP contribution in [0.15, 0.2) is 55.6 Å². The first-order chi connectivity index (χ1) is 7.77. The van der Waals surface area contributed by atoms with Crippen LogP contribution in [0, 0.1) is 0 Å². The summed E-state index contributed by atoms with van der Waals surface area (Å²) in [6, 6.07) is 8.94. The minimum absolute atomic E-state index is 0.245. The van der Waals surface area contributed by atoms with Crippen LogP contribution in [-0.4, -0.2) is 12.1 Å². The number of carbonyl (C=O) groups is 1. The quantitative estimate of drug-likeness (QED) is 0.538. The van der Waals surface area contributed by atoms with E-state index < -0.39 is 0 Å². The normalized spacial score (nSPS) is 11.5. The average Bonchev–Trinajstić information content (AvgIpc) is 2.35. The van der Waals surface area contributed by atoms with Crippen molar-refractivity contribution in [2.24, 2.45) is 0 Å². The molecule has 1 atom stereocenters. The van der Waals surface area contributed by atoms with Gasteiger partial charge in [0.15, 0.2) is 0 Å². The third-order valence-corrected chi connectivity index (χ3v) is 2.19. The van der Waals surface area contributed by atoms with E-state index in [0.29, 0.717) is 5.56 Å². The van der Waals surface area contributed by atoms with E-state index in [1.165, 1.54) is 0 Å². The van der Waals surface area contributed by atoms with E-state index in [4.69, 9.17) is 4.74 Å². The fraction of sp³-hybridized carbons (Fsp3) is 0.214. The van der Waals surface area contributed by atoms with E-state index in [1.54, 1.807) is 24.3 Å². The third kappa shape index (κ3) is 3.73. The fourth-order valence-corrected chi connectivity index (χ4v) is 1.29. The molecule has 0 fully saturated rings. The zero-order chi connectivity index (χ0) is 11.8. The van der Waals surface area contributed by atoms with Crippen LogP contribution in [0.5, 0.6) is 0 Å². The van der Waals surface area contributed by atoms with Gasteiger partial charge in [0.05, 0.1) is 5.56 Å². The van der Waals surface area contributed by atoms with Gasteiger partial charge in [0, 0.05) is 0 Å². The van der Waals surface area contributed by atoms with E-state index in [1.807, 2.05) is 18.2 Å². The molecule has 1 aromatic carbocycles. The summed E-state index contributed by atoms with van der Waals surface area (Å²) >= 11 is 0. The average molecular weight is 216 g/mol. The molecule has 2 nitrogen and oxygen atoms in total. The predicted molar refractivity (Wildman–Crippen MR) is 65.3 cm³/mol. The third-order valence-electron chi connectivity index (χ3n) is 2.19. The number of carbonyl (C=O) groups excluding carboxylic acids is 1. The molecule has 1 aromatic rings. The molecule has 0 aliphatic rings. The zero-order valence-electron chi connectivity index (χ0n) is 9.26. The molecular formula is C14H16O2. The Hall–Kier alpha value is -1.83. The minimum Gasteiger partial charge on any atom is -0.455 e. The highest BCUT2D eigenvalue weighted by atomic mass is 16.5. The van der Waals surface area contributed by atoms with Gasteiger partial charge in [-0.1, -0.05) is 36.9 Å². The van der Waals surface area contributed by atoms with Crippen LogP contribution >= 0.6 is 0 Å². The van der Waals surface area contributed by atoms with Gasteiger partial charge in [-0.15, -0.1) is 6.58 Å². The summed E-state index contributed by atoms with van der Waals surface area (Å²) in [5.74, 6) is -0.311. The molecule has 0 aliphatic heterocycles. The summed E-state index contributed by atoms with van der Waals surface area (Å²) in [6.45, 7) is 7.28. The molecule has 0 radical (unpaired) electrons. The van der Waals surface area contributed by atoms with Gasteiger partial charge in [0.2, 0.25) is 0 Å². The Labute approximate surface area is 96.2 Å². The second kappa shape index (κ2) is 6.62. The molecule has 0 unspecified atom stereocenters. The molecule has 1 rings (SSSR count). The molecule has 0 spiro atoms. The topological polar surface area (TPSA) is 26.3 Å². The van der Waals surface area contributed by atoms with Gasteiger partial charge in [0.25, 0.3) is 0 Å². The zero-order valence-corrected chi connectivity index (χ0v) is 9.26. The van der Waals surface area contributed by atoms with Crippen LogP contribution in [0.3, 0.4) is 0 Å². The molecule has 0 aliphatic carbocycles. The second-order valence-electron chi connectivity index (χ2n) is 3.41. The lowest BCUT2D eigenvalue weighted by Crippen LogP contribution is -2.15. The lowest BCUT2D eigenvalue weighted by atomic mass is 10.2. The lowest BCUT2D eigenvalue weighted by Gasteiger charge is -2.12. The number of allylic oxidation sites excluding steroid dienone is 1. The van der Waals surface area contributed by atoms with Crippen LogP contribution in [0.25, 0.3) is 0 Å². The number of hydrogen-bond acceptors (Lipinski definition) is 2. The number of hydrogen-bond donors (Lipinski definition) is 0. The summed E-state index contributed by atoms with van der Waals surface area (Å²) in [5.41, 5.74) is 0.563. The van der Waals surface area contributed by atoms with Gasteiger partial charge in [-0.2, -0.15) is 0 Å². The number of ether oxygens (including phenoxy) is 1. The molecule has 0 heterocycles. The molecule has 84 valence electrons. The predicted octanol–water partition coefficient (Wildman–Crippen LogP) is 3.36. The highest BCUT2D eigenvalue weighted by Gasteiger charge is 2.11. The largest absolute Gasteiger partial charge is 0.455 e. The summed E-state index contributed by atoms with van der Waals surface area (Å²) in [7, 11) is 0. The molecule has 0 amide bonds. The van der Waals surface area contributed by atoms with Crippen LogP contribution < -0.4 is 0 Å². The molecule has 0 N–H and O–H groups in total. The van der Waals surface area contributed by atoms with Crippen molar-refractivity contribution < 1.29 is 9.53 Å². The van der Waals surface area contributed by atoms with E-state index in [-0.39, 0.29) is 12.1 Å². The van der Waals surface area contributed by atoms with Crippen molar-refractivity contribution in [3.63, 3.8) is 0 Å². The van der Waals surface area contributed by atoms with Gasteiger partial charge < -0.3 is 4.74 Å². The first-order valence-electron chi connectivity index (χ1n) is 5.27. The maximum atomic E-state index is 11.7. The van der Waals surface area contributed by atoms with Gasteiger partial charge in [-0.05, 0) is 25.0 Å². The molecule has 16 heavy (non-hydrogen) atoms. The first kappa shape index (κ1) is 12.2. The molecule has 0 bridgehead atoms. The first-order valence-corrected chi connectivity index (χ1v) is 5.27. The molecule has 0 saturated heterocycles. The van der Waals surface area contributed by atoms with Gasteiger partial charge in [-0.25, -0.2) is 4.79 Å². The van der Waals surface area contributed by atoms with Crippen molar-refractivity contribution >= 4 is 5.97 Å². The monoisotopic (exact) mass is 216 g/mol. The highest BCUT2D eigenvalue weighted by Crippen LogP contribution is 2.09. The van der Waals surface area contributed by atoms with E-state index in [9.17, 15) is 4.79 Å². The van der Waals surface area contributed by atoms with Crippen molar-refractivity contribution in [2.45, 2.75) is 18.9 Å². The molecule has 2 heteroatoms. The van der Waals surface area contributed by atoms with Gasteiger partial charge in [-0.3, -0.25) is 0 Å². The summed E-state index contributed by atoms with van der Waals surface area (Å²) in [5, 5.41) is 0. The minimum atomic E-state index is -0.311. The van der Waals surface area contributed by atoms with E-state index >= 15 is 0 Å². The summed E-state index contributed by atoms with van der Waals surface area (Å²) in [6.07, 6.45) is 4.73. The van der Waals surface area contributed by atoms with Gasteiger partial charge >= 0.3 is 5.97 Å². The van der Waals surface area contributed by atoms with Crippen molar-refractivity contribution in [1.82, 2.24) is 0 Å². The SMILES string of the molecule is C=CCC[C@H](C=C)OC(=O)c1ccccc1. The number of benzene rings is 1. The van der Waals surface area contributed by atoms with Crippen LogP contribution in [0.4, 0.5) is 0 Å². The van der Waals surface area contributed by atoms with E-state index in [0.717, 1.165) is 12.8 Å². The van der Waals surface area contributed by atoms with Crippen LogP contribution in [0.1, 0.15) is 23.2 Å². The Balaban J connectivity index is 2.55. The van der Waals surface area contributed by atoms with Crippen molar-refractivity contribution in [2.75, 3.05) is 0 Å². The van der Waals surface area contributed by atoms with Crippen molar-refractivity contribution in [3.8, 4) is 0 Å². The second-order valence-corrected chi connectivity index (χ2v) is 3.41. The van der Waals surface area contributed by atoms with Crippen LogP contribution in [-0.2, 0) is 4.74 Å². The van der Waals surface area contributed by atoms with Gasteiger partial charge in [0.1, 0.15) is 6.10 Å². The Morgan fingerprint density at radius 1 is 1.31 bits per heavy atom. The Bertz CT molecular complexity index is 354. The van der Waals surface area contributed by atoms with Crippen molar-refractivity contribution in [3.05, 3.63) is 61.2 Å². The number of rotatable bonds is 6. The number of esters is 1. The van der Waals surface area contributed by atoms with E-state index in [2.05, 4.69) is 13.2 Å². The summed E-state index contributed by atoms with van der Waals surface area (Å²) < 4.78 is 5.28. The lowest BCUT2D eigenvalue weighted by molar-refractivity contribution is 0.0383.